The molecule has 0 atom stereocenters. The molecule has 0 aliphatic heterocycles. The average molecular weight is 313 g/mol. The third kappa shape index (κ3) is 3.16. The van der Waals surface area contributed by atoms with Gasteiger partial charge in [-0.2, -0.15) is 5.10 Å². The van der Waals surface area contributed by atoms with E-state index in [-0.39, 0.29) is 5.78 Å². The second kappa shape index (κ2) is 6.93. The van der Waals surface area contributed by atoms with Crippen LogP contribution >= 0.6 is 11.6 Å². The Bertz CT molecular complexity index is 505. The molecule has 4 nitrogen and oxygen atoms in total. The molecule has 0 radical (unpaired) electrons. The Labute approximate surface area is 131 Å². The molecule has 0 bridgehead atoms. The first-order chi connectivity index (χ1) is 10.1. The molecule has 0 amide bonds. The summed E-state index contributed by atoms with van der Waals surface area (Å²) in [5.41, 5.74) is 1.12. The predicted molar refractivity (Wildman–Crippen MR) is 83.8 cm³/mol. The fourth-order valence-electron chi connectivity index (χ4n) is 3.23. The van der Waals surface area contributed by atoms with Gasteiger partial charge in [-0.1, -0.05) is 18.5 Å². The highest BCUT2D eigenvalue weighted by molar-refractivity contribution is 6.32. The highest BCUT2D eigenvalue weighted by Crippen LogP contribution is 2.36. The van der Waals surface area contributed by atoms with Gasteiger partial charge in [0.2, 0.25) is 0 Å². The van der Waals surface area contributed by atoms with Crippen molar-refractivity contribution in [3.05, 3.63) is 16.4 Å². The number of rotatable bonds is 7. The van der Waals surface area contributed by atoms with Crippen molar-refractivity contribution in [3.63, 3.8) is 0 Å². The Morgan fingerprint density at radius 2 is 2.00 bits per heavy atom. The lowest BCUT2D eigenvalue weighted by Crippen LogP contribution is -2.40. The summed E-state index contributed by atoms with van der Waals surface area (Å²) in [7, 11) is 0. The number of halogens is 1. The van der Waals surface area contributed by atoms with Gasteiger partial charge in [0, 0.05) is 13.2 Å². The van der Waals surface area contributed by atoms with E-state index in [1.807, 2.05) is 25.5 Å². The molecule has 5 heteroatoms. The number of ketones is 1. The Morgan fingerprint density at radius 1 is 1.33 bits per heavy atom. The third-order valence-electron chi connectivity index (χ3n) is 4.36. The average Bonchev–Trinajstić information content (AvgIpc) is 3.06. The zero-order valence-electron chi connectivity index (χ0n) is 13.2. The van der Waals surface area contributed by atoms with Gasteiger partial charge in [0.15, 0.2) is 5.78 Å². The minimum atomic E-state index is -0.590. The fourth-order valence-corrected chi connectivity index (χ4v) is 3.56. The van der Waals surface area contributed by atoms with Crippen LogP contribution in [-0.2, 0) is 28.9 Å². The van der Waals surface area contributed by atoms with Crippen LogP contribution in [0.2, 0.25) is 5.02 Å². The summed E-state index contributed by atoms with van der Waals surface area (Å²) in [4.78, 5) is 12.8. The van der Waals surface area contributed by atoms with Gasteiger partial charge >= 0.3 is 0 Å². The fraction of sp³-hybridized carbons (Fsp3) is 0.750. The number of hydrogen-bond donors (Lipinski definition) is 0. The first kappa shape index (κ1) is 16.5. The van der Waals surface area contributed by atoms with Gasteiger partial charge in [0.25, 0.3) is 0 Å². The van der Waals surface area contributed by atoms with E-state index in [0.29, 0.717) is 18.1 Å². The molecule has 0 unspecified atom stereocenters. The molecule has 1 aromatic rings. The van der Waals surface area contributed by atoms with Crippen LogP contribution in [0.5, 0.6) is 0 Å². The Morgan fingerprint density at radius 3 is 2.52 bits per heavy atom. The first-order valence-electron chi connectivity index (χ1n) is 7.99. The van der Waals surface area contributed by atoms with E-state index in [0.717, 1.165) is 50.0 Å². The zero-order chi connectivity index (χ0) is 15.5. The molecule has 1 aliphatic carbocycles. The molecular formula is C16H25ClN2O2. The lowest BCUT2D eigenvalue weighted by atomic mass is 9.92. The highest BCUT2D eigenvalue weighted by atomic mass is 35.5. The van der Waals surface area contributed by atoms with E-state index in [2.05, 4.69) is 5.10 Å². The van der Waals surface area contributed by atoms with E-state index < -0.39 is 5.60 Å². The molecule has 1 heterocycles. The number of carbonyl (C=O) groups excluding carboxylic acids is 1. The molecule has 21 heavy (non-hydrogen) atoms. The number of ether oxygens (including phenoxy) is 1. The van der Waals surface area contributed by atoms with Crippen LogP contribution < -0.4 is 0 Å². The number of aromatic nitrogens is 2. The monoisotopic (exact) mass is 312 g/mol. The van der Waals surface area contributed by atoms with E-state index in [9.17, 15) is 4.79 Å². The standard InChI is InChI=1S/C16H25ClN2O2/c1-4-12-15(17)13(19(5-2)18-12)11-14(20)16(21-6-3)9-7-8-10-16/h4-11H2,1-3H3. The van der Waals surface area contributed by atoms with Crippen LogP contribution in [0.25, 0.3) is 0 Å². The normalized spacial score (nSPS) is 17.3. The van der Waals surface area contributed by atoms with Crippen LogP contribution in [0.15, 0.2) is 0 Å². The van der Waals surface area contributed by atoms with Crippen LogP contribution in [-0.4, -0.2) is 27.8 Å². The maximum atomic E-state index is 12.8. The second-order valence-corrected chi connectivity index (χ2v) is 5.99. The Kier molecular flexibility index (Phi) is 5.44. The Balaban J connectivity index is 2.24. The van der Waals surface area contributed by atoms with E-state index >= 15 is 0 Å². The first-order valence-corrected chi connectivity index (χ1v) is 8.37. The summed E-state index contributed by atoms with van der Waals surface area (Å²) in [6.45, 7) is 7.30. The second-order valence-electron chi connectivity index (χ2n) is 5.61. The van der Waals surface area contributed by atoms with Gasteiger partial charge in [-0.25, -0.2) is 0 Å². The van der Waals surface area contributed by atoms with Crippen molar-refractivity contribution in [3.8, 4) is 0 Å². The number of Topliss-reactive ketones (excluding diaryl/α,β-unsaturated/α-hetero) is 1. The summed E-state index contributed by atoms with van der Waals surface area (Å²) in [5, 5.41) is 5.14. The van der Waals surface area contributed by atoms with Gasteiger partial charge in [0.05, 0.1) is 22.8 Å². The van der Waals surface area contributed by atoms with E-state index in [1.54, 1.807) is 0 Å². The van der Waals surface area contributed by atoms with Crippen molar-refractivity contribution in [1.82, 2.24) is 9.78 Å². The van der Waals surface area contributed by atoms with Gasteiger partial charge in [-0.3, -0.25) is 9.48 Å². The summed E-state index contributed by atoms with van der Waals surface area (Å²) in [6, 6.07) is 0. The smallest absolute Gasteiger partial charge is 0.170 e. The third-order valence-corrected chi connectivity index (χ3v) is 4.80. The van der Waals surface area contributed by atoms with Gasteiger partial charge in [0.1, 0.15) is 5.60 Å². The molecule has 0 N–H and O–H groups in total. The molecule has 118 valence electrons. The summed E-state index contributed by atoms with van der Waals surface area (Å²) in [5.74, 6) is 0.154. The number of hydrogen-bond acceptors (Lipinski definition) is 3. The number of carbonyl (C=O) groups is 1. The van der Waals surface area contributed by atoms with Crippen molar-refractivity contribution in [2.24, 2.45) is 0 Å². The number of aryl methyl sites for hydroxylation is 2. The minimum Gasteiger partial charge on any atom is -0.367 e. The molecule has 0 spiro atoms. The summed E-state index contributed by atoms with van der Waals surface area (Å²) in [6.07, 6.45) is 4.89. The quantitative estimate of drug-likeness (QED) is 0.773. The molecule has 1 aromatic heterocycles. The molecular weight excluding hydrogens is 288 g/mol. The van der Waals surface area contributed by atoms with Crippen LogP contribution in [0.4, 0.5) is 0 Å². The molecule has 1 fully saturated rings. The summed E-state index contributed by atoms with van der Waals surface area (Å²) >= 11 is 6.41. The van der Waals surface area contributed by atoms with Crippen molar-refractivity contribution in [1.29, 1.82) is 0 Å². The lowest BCUT2D eigenvalue weighted by Gasteiger charge is -2.27. The molecule has 1 aliphatic rings. The van der Waals surface area contributed by atoms with Gasteiger partial charge in [-0.15, -0.1) is 0 Å². The topological polar surface area (TPSA) is 44.1 Å². The zero-order valence-corrected chi connectivity index (χ0v) is 14.0. The largest absolute Gasteiger partial charge is 0.367 e. The van der Waals surface area contributed by atoms with Crippen molar-refractivity contribution >= 4 is 17.4 Å². The predicted octanol–water partition coefficient (Wildman–Crippen LogP) is 3.58. The van der Waals surface area contributed by atoms with Crippen LogP contribution in [0, 0.1) is 0 Å². The van der Waals surface area contributed by atoms with Crippen molar-refractivity contribution < 1.29 is 9.53 Å². The Hall–Kier alpha value is -0.870. The van der Waals surface area contributed by atoms with Crippen LogP contribution in [0.3, 0.4) is 0 Å². The minimum absolute atomic E-state index is 0.154. The van der Waals surface area contributed by atoms with Crippen molar-refractivity contribution in [2.75, 3.05) is 6.61 Å². The highest BCUT2D eigenvalue weighted by Gasteiger charge is 2.42. The van der Waals surface area contributed by atoms with E-state index in [4.69, 9.17) is 16.3 Å². The SMILES string of the molecule is CCOC1(C(=O)Cc2c(Cl)c(CC)nn2CC)CCCC1. The molecule has 2 rings (SSSR count). The number of nitrogens with zero attached hydrogens (tertiary/aromatic N) is 2. The van der Waals surface area contributed by atoms with Crippen molar-refractivity contribution in [2.45, 2.75) is 71.4 Å². The molecule has 0 aromatic carbocycles. The maximum absolute atomic E-state index is 12.8. The van der Waals surface area contributed by atoms with Crippen LogP contribution in [0.1, 0.15) is 57.8 Å². The molecule has 0 saturated heterocycles. The van der Waals surface area contributed by atoms with E-state index in [1.165, 1.54) is 0 Å². The van der Waals surface area contributed by atoms with Gasteiger partial charge < -0.3 is 4.74 Å². The molecule has 1 saturated carbocycles. The lowest BCUT2D eigenvalue weighted by molar-refractivity contribution is -0.143. The van der Waals surface area contributed by atoms with Gasteiger partial charge in [-0.05, 0) is 46.0 Å². The maximum Gasteiger partial charge on any atom is 0.170 e. The summed E-state index contributed by atoms with van der Waals surface area (Å²) < 4.78 is 7.70.